The van der Waals surface area contributed by atoms with Gasteiger partial charge in [0.2, 0.25) is 0 Å². The molecule has 0 aliphatic heterocycles. The van der Waals surface area contributed by atoms with Gasteiger partial charge < -0.3 is 10.8 Å². The van der Waals surface area contributed by atoms with Crippen molar-refractivity contribution in [2.24, 2.45) is 5.73 Å². The zero-order valence-electron chi connectivity index (χ0n) is 10.3. The smallest absolute Gasteiger partial charge is 0.176 e. The third-order valence-electron chi connectivity index (χ3n) is 2.64. The topological polar surface area (TPSA) is 63.3 Å². The van der Waals surface area contributed by atoms with Gasteiger partial charge in [0.05, 0.1) is 6.54 Å². The van der Waals surface area contributed by atoms with Crippen LogP contribution in [0, 0.1) is 6.92 Å². The van der Waals surface area contributed by atoms with E-state index in [1.807, 2.05) is 33.8 Å². The lowest BCUT2D eigenvalue weighted by molar-refractivity contribution is 0.100. The van der Waals surface area contributed by atoms with E-state index in [1.165, 1.54) is 6.07 Å². The van der Waals surface area contributed by atoms with Crippen LogP contribution in [0.1, 0.15) is 42.3 Å². The van der Waals surface area contributed by atoms with Gasteiger partial charge in [0, 0.05) is 5.56 Å². The summed E-state index contributed by atoms with van der Waals surface area (Å²) in [4.78, 5) is 11.5. The number of hydrogen-bond acceptors (Lipinski definition) is 3. The lowest BCUT2D eigenvalue weighted by Crippen LogP contribution is -2.17. The van der Waals surface area contributed by atoms with E-state index in [0.29, 0.717) is 5.56 Å². The van der Waals surface area contributed by atoms with Crippen LogP contribution in [-0.4, -0.2) is 17.4 Å². The summed E-state index contributed by atoms with van der Waals surface area (Å²) in [5.41, 5.74) is 7.39. The molecule has 3 heteroatoms. The molecule has 0 radical (unpaired) electrons. The number of Topliss-reactive ketones (excluding diaryl/α,β-unsaturated/α-hetero) is 1. The maximum atomic E-state index is 11.5. The predicted octanol–water partition coefficient (Wildman–Crippen LogP) is 2.14. The quantitative estimate of drug-likeness (QED) is 0.752. The summed E-state index contributed by atoms with van der Waals surface area (Å²) in [6.07, 6.45) is 0. The molecule has 1 aromatic carbocycles. The Bertz CT molecular complexity index is 417. The van der Waals surface area contributed by atoms with Crippen LogP contribution in [0.2, 0.25) is 0 Å². The number of rotatable bonds is 2. The number of phenolic OH excluding ortho intramolecular Hbond substituents is 1. The van der Waals surface area contributed by atoms with Crippen LogP contribution >= 0.6 is 0 Å². The first-order valence-electron chi connectivity index (χ1n) is 5.34. The van der Waals surface area contributed by atoms with Gasteiger partial charge in [-0.1, -0.05) is 26.8 Å². The highest BCUT2D eigenvalue weighted by Gasteiger charge is 2.20. The Labute approximate surface area is 96.3 Å². The third-order valence-corrected chi connectivity index (χ3v) is 2.64. The maximum Gasteiger partial charge on any atom is 0.176 e. The molecule has 0 amide bonds. The Kier molecular flexibility index (Phi) is 3.38. The molecule has 0 fully saturated rings. The zero-order chi connectivity index (χ0) is 12.5. The standard InChI is InChI=1S/C13H19NO2/c1-8-5-10(13(2,3)4)11(15)6-9(8)12(16)7-14/h5-6,15H,7,14H2,1-4H3. The molecule has 0 atom stereocenters. The minimum absolute atomic E-state index is 0.0326. The summed E-state index contributed by atoms with van der Waals surface area (Å²) in [6, 6.07) is 3.38. The van der Waals surface area contributed by atoms with Gasteiger partial charge in [0.1, 0.15) is 5.75 Å². The first-order chi connectivity index (χ1) is 7.27. The monoisotopic (exact) mass is 221 g/mol. The first kappa shape index (κ1) is 12.7. The molecule has 0 unspecified atom stereocenters. The molecule has 1 aromatic rings. The molecule has 0 bridgehead atoms. The van der Waals surface area contributed by atoms with Gasteiger partial charge in [-0.05, 0) is 29.5 Å². The molecule has 3 N–H and O–H groups in total. The second-order valence-corrected chi connectivity index (χ2v) is 5.06. The number of aryl methyl sites for hydroxylation is 1. The number of ketones is 1. The van der Waals surface area contributed by atoms with E-state index in [9.17, 15) is 9.90 Å². The Morgan fingerprint density at radius 2 is 1.94 bits per heavy atom. The van der Waals surface area contributed by atoms with Gasteiger partial charge in [-0.3, -0.25) is 4.79 Å². The Balaban J connectivity index is 3.33. The van der Waals surface area contributed by atoms with Crippen molar-refractivity contribution < 1.29 is 9.90 Å². The Morgan fingerprint density at radius 1 is 1.38 bits per heavy atom. The van der Waals surface area contributed by atoms with Crippen LogP contribution in [0.25, 0.3) is 0 Å². The normalized spacial score (nSPS) is 11.6. The fourth-order valence-corrected chi connectivity index (χ4v) is 1.71. The number of carbonyl (C=O) groups excluding carboxylic acids is 1. The molecule has 0 aromatic heterocycles. The summed E-state index contributed by atoms with van der Waals surface area (Å²) in [5.74, 6) is 0.0168. The van der Waals surface area contributed by atoms with E-state index in [4.69, 9.17) is 5.73 Å². The Hall–Kier alpha value is -1.35. The molecule has 0 aliphatic rings. The summed E-state index contributed by atoms with van der Waals surface area (Å²) >= 11 is 0. The molecule has 16 heavy (non-hydrogen) atoms. The van der Waals surface area contributed by atoms with E-state index < -0.39 is 0 Å². The number of aromatic hydroxyl groups is 1. The second kappa shape index (κ2) is 4.26. The molecule has 3 nitrogen and oxygen atoms in total. The molecule has 0 saturated carbocycles. The number of carbonyl (C=O) groups is 1. The van der Waals surface area contributed by atoms with Crippen LogP contribution in [0.15, 0.2) is 12.1 Å². The van der Waals surface area contributed by atoms with Crippen molar-refractivity contribution in [3.63, 3.8) is 0 Å². The number of nitrogens with two attached hydrogens (primary N) is 1. The first-order valence-corrected chi connectivity index (χ1v) is 5.34. The van der Waals surface area contributed by atoms with Crippen LogP contribution in [0.3, 0.4) is 0 Å². The molecule has 0 spiro atoms. The highest BCUT2D eigenvalue weighted by molar-refractivity contribution is 5.99. The third kappa shape index (κ3) is 2.42. The minimum Gasteiger partial charge on any atom is -0.508 e. The van der Waals surface area contributed by atoms with Gasteiger partial charge in [-0.25, -0.2) is 0 Å². The fraction of sp³-hybridized carbons (Fsp3) is 0.462. The van der Waals surface area contributed by atoms with Crippen molar-refractivity contribution >= 4 is 5.78 Å². The van der Waals surface area contributed by atoms with Crippen LogP contribution in [0.4, 0.5) is 0 Å². The number of phenols is 1. The average molecular weight is 221 g/mol. The maximum absolute atomic E-state index is 11.5. The van der Waals surface area contributed by atoms with Gasteiger partial charge in [-0.15, -0.1) is 0 Å². The predicted molar refractivity (Wildman–Crippen MR) is 64.9 cm³/mol. The molecular formula is C13H19NO2. The fourth-order valence-electron chi connectivity index (χ4n) is 1.71. The molecule has 0 heterocycles. The van der Waals surface area contributed by atoms with Crippen molar-refractivity contribution in [3.05, 3.63) is 28.8 Å². The van der Waals surface area contributed by atoms with E-state index in [1.54, 1.807) is 0 Å². The van der Waals surface area contributed by atoms with Crippen molar-refractivity contribution in [3.8, 4) is 5.75 Å². The summed E-state index contributed by atoms with van der Waals surface area (Å²) < 4.78 is 0. The molecule has 1 rings (SSSR count). The lowest BCUT2D eigenvalue weighted by atomic mass is 9.84. The number of hydrogen-bond donors (Lipinski definition) is 2. The van der Waals surface area contributed by atoms with Gasteiger partial charge in [0.15, 0.2) is 5.78 Å². The number of benzene rings is 1. The van der Waals surface area contributed by atoms with Crippen LogP contribution in [-0.2, 0) is 5.41 Å². The summed E-state index contributed by atoms with van der Waals surface area (Å²) in [6.45, 7) is 7.89. The second-order valence-electron chi connectivity index (χ2n) is 5.06. The average Bonchev–Trinajstić information content (AvgIpc) is 2.18. The molecular weight excluding hydrogens is 202 g/mol. The summed E-state index contributed by atoms with van der Waals surface area (Å²) in [7, 11) is 0. The zero-order valence-corrected chi connectivity index (χ0v) is 10.3. The molecule has 88 valence electrons. The largest absolute Gasteiger partial charge is 0.508 e. The van der Waals surface area contributed by atoms with Gasteiger partial charge in [0.25, 0.3) is 0 Å². The SMILES string of the molecule is Cc1cc(C(C)(C)C)c(O)cc1C(=O)CN. The van der Waals surface area contributed by atoms with Gasteiger partial charge in [-0.2, -0.15) is 0 Å². The molecule has 0 saturated heterocycles. The summed E-state index contributed by atoms with van der Waals surface area (Å²) in [5, 5.41) is 9.90. The van der Waals surface area contributed by atoms with E-state index in [0.717, 1.165) is 11.1 Å². The highest BCUT2D eigenvalue weighted by Crippen LogP contribution is 2.32. The minimum atomic E-state index is -0.145. The highest BCUT2D eigenvalue weighted by atomic mass is 16.3. The van der Waals surface area contributed by atoms with Crippen molar-refractivity contribution in [1.82, 2.24) is 0 Å². The van der Waals surface area contributed by atoms with Crippen molar-refractivity contribution in [1.29, 1.82) is 0 Å². The van der Waals surface area contributed by atoms with Crippen LogP contribution in [0.5, 0.6) is 5.75 Å². The van der Waals surface area contributed by atoms with E-state index in [-0.39, 0.29) is 23.5 Å². The lowest BCUT2D eigenvalue weighted by Gasteiger charge is -2.22. The van der Waals surface area contributed by atoms with Gasteiger partial charge >= 0.3 is 0 Å². The van der Waals surface area contributed by atoms with Crippen molar-refractivity contribution in [2.75, 3.05) is 6.54 Å². The Morgan fingerprint density at radius 3 is 2.38 bits per heavy atom. The molecule has 0 aliphatic carbocycles. The van der Waals surface area contributed by atoms with Crippen LogP contribution < -0.4 is 5.73 Å². The van der Waals surface area contributed by atoms with Crippen molar-refractivity contribution in [2.45, 2.75) is 33.1 Å². The van der Waals surface area contributed by atoms with E-state index in [2.05, 4.69) is 0 Å². The van der Waals surface area contributed by atoms with E-state index >= 15 is 0 Å².